The maximum Gasteiger partial charge on any atom is 0.411 e. The first-order valence-electron chi connectivity index (χ1n) is 12.1. The van der Waals surface area contributed by atoms with Crippen LogP contribution in [0.1, 0.15) is 42.6 Å². The molecular weight excluding hydrogens is 492 g/mol. The van der Waals surface area contributed by atoms with E-state index in [2.05, 4.69) is 20.4 Å². The van der Waals surface area contributed by atoms with E-state index in [4.69, 9.17) is 4.74 Å². The van der Waals surface area contributed by atoms with Gasteiger partial charge in [0.1, 0.15) is 17.7 Å². The molecule has 2 atom stereocenters. The van der Waals surface area contributed by atoms with Gasteiger partial charge in [0.2, 0.25) is 0 Å². The molecular formula is C29H27F2N3O4. The van der Waals surface area contributed by atoms with E-state index in [0.717, 1.165) is 5.39 Å². The van der Waals surface area contributed by atoms with Crippen molar-refractivity contribution in [3.63, 3.8) is 0 Å². The van der Waals surface area contributed by atoms with Crippen LogP contribution in [0, 0.1) is 11.6 Å². The second-order valence-electron chi connectivity index (χ2n) is 9.91. The van der Waals surface area contributed by atoms with Crippen molar-refractivity contribution in [3.8, 4) is 11.1 Å². The number of fused-ring (bicyclic) bond motifs is 2. The lowest BCUT2D eigenvalue weighted by Crippen LogP contribution is -2.52. The third-order valence-corrected chi connectivity index (χ3v) is 6.98. The highest BCUT2D eigenvalue weighted by atomic mass is 19.1. The highest BCUT2D eigenvalue weighted by Gasteiger charge is 2.45. The van der Waals surface area contributed by atoms with Crippen LogP contribution in [0.25, 0.3) is 22.0 Å². The van der Waals surface area contributed by atoms with Gasteiger partial charge < -0.3 is 19.8 Å². The maximum absolute atomic E-state index is 16.1. The van der Waals surface area contributed by atoms with Gasteiger partial charge in [0.25, 0.3) is 0 Å². The third kappa shape index (κ3) is 4.34. The Morgan fingerprint density at radius 2 is 1.79 bits per heavy atom. The third-order valence-electron chi connectivity index (χ3n) is 6.98. The second-order valence-corrected chi connectivity index (χ2v) is 9.91. The monoisotopic (exact) mass is 519 g/mol. The number of rotatable bonds is 4. The molecule has 3 aromatic carbocycles. The van der Waals surface area contributed by atoms with Gasteiger partial charge in [0.15, 0.2) is 0 Å². The van der Waals surface area contributed by atoms with Gasteiger partial charge in [0.05, 0.1) is 29.3 Å². The van der Waals surface area contributed by atoms with E-state index in [1.54, 1.807) is 51.2 Å². The highest BCUT2D eigenvalue weighted by molar-refractivity contribution is 5.95. The number of ether oxygens (including phenoxy) is 2. The molecule has 0 saturated carbocycles. The van der Waals surface area contributed by atoms with E-state index in [1.165, 1.54) is 25.3 Å². The zero-order chi connectivity index (χ0) is 27.2. The minimum atomic E-state index is -0.835. The summed E-state index contributed by atoms with van der Waals surface area (Å²) in [5.41, 5.74) is 1.37. The summed E-state index contributed by atoms with van der Waals surface area (Å²) in [6.07, 6.45) is 0.184. The van der Waals surface area contributed by atoms with Crippen molar-refractivity contribution in [2.24, 2.45) is 0 Å². The Hall–Kier alpha value is -4.40. The molecule has 0 fully saturated rings. The molecule has 9 heteroatoms. The number of nitrogens with one attached hydrogen (secondary N) is 3. The molecule has 1 aliphatic rings. The molecule has 0 saturated heterocycles. The first-order valence-corrected chi connectivity index (χ1v) is 12.1. The fraction of sp³-hybridized carbons (Fsp3) is 0.241. The number of hydrogen-bond acceptors (Lipinski definition) is 5. The lowest BCUT2D eigenvalue weighted by atomic mass is 9.77. The average molecular weight is 520 g/mol. The van der Waals surface area contributed by atoms with Crippen molar-refractivity contribution in [1.29, 1.82) is 0 Å². The normalized spacial score (nSPS) is 17.8. The van der Waals surface area contributed by atoms with Crippen LogP contribution in [0.4, 0.5) is 25.0 Å². The van der Waals surface area contributed by atoms with Crippen molar-refractivity contribution in [2.45, 2.75) is 38.3 Å². The number of amides is 1. The van der Waals surface area contributed by atoms with Crippen LogP contribution in [0.15, 0.2) is 60.8 Å². The van der Waals surface area contributed by atoms with Crippen molar-refractivity contribution in [3.05, 3.63) is 83.6 Å². The smallest absolute Gasteiger partial charge is 0.411 e. The van der Waals surface area contributed by atoms with Crippen molar-refractivity contribution < 1.29 is 27.8 Å². The minimum Gasteiger partial charge on any atom is -0.465 e. The molecule has 7 nitrogen and oxygen atoms in total. The summed E-state index contributed by atoms with van der Waals surface area (Å²) < 4.78 is 42.0. The number of carbonyl (C=O) groups is 2. The molecule has 0 unspecified atom stereocenters. The maximum atomic E-state index is 16.1. The van der Waals surface area contributed by atoms with Crippen molar-refractivity contribution >= 4 is 34.3 Å². The van der Waals surface area contributed by atoms with Gasteiger partial charge in [-0.15, -0.1) is 0 Å². The Kier molecular flexibility index (Phi) is 6.30. The van der Waals surface area contributed by atoms with E-state index in [9.17, 15) is 9.59 Å². The minimum absolute atomic E-state index is 0.140. The van der Waals surface area contributed by atoms with Gasteiger partial charge in [-0.2, -0.15) is 0 Å². The van der Waals surface area contributed by atoms with Crippen molar-refractivity contribution in [2.75, 3.05) is 17.7 Å². The predicted molar refractivity (Wildman–Crippen MR) is 141 cm³/mol. The zero-order valence-electron chi connectivity index (χ0n) is 21.3. The Bertz CT molecular complexity index is 1550. The molecule has 3 N–H and O–H groups in total. The number of para-hydroxylation sites is 1. The molecule has 0 aliphatic carbocycles. The number of esters is 1. The number of aromatic amines is 1. The molecule has 2 heterocycles. The molecule has 196 valence electrons. The SMILES string of the molecule is COC(=O)c1ccc(NC(=O)O[C@@H]2[C@@H](C)c3c(cc(F)c(-c4cccc5cc[nH]c45)c3F)NC2(C)C)cc1. The van der Waals surface area contributed by atoms with Gasteiger partial charge in [-0.05, 0) is 55.6 Å². The summed E-state index contributed by atoms with van der Waals surface area (Å²) >= 11 is 0. The summed E-state index contributed by atoms with van der Waals surface area (Å²) in [7, 11) is 1.28. The van der Waals surface area contributed by atoms with Crippen LogP contribution in [0.5, 0.6) is 0 Å². The van der Waals surface area contributed by atoms with Crippen molar-refractivity contribution in [1.82, 2.24) is 4.98 Å². The molecule has 5 rings (SSSR count). The Balaban J connectivity index is 1.45. The number of halogens is 2. The molecule has 1 amide bonds. The summed E-state index contributed by atoms with van der Waals surface area (Å²) in [5, 5.41) is 6.63. The molecule has 0 bridgehead atoms. The fourth-order valence-electron chi connectivity index (χ4n) is 5.24. The molecule has 38 heavy (non-hydrogen) atoms. The Labute approximate surface area is 218 Å². The Morgan fingerprint density at radius 3 is 2.50 bits per heavy atom. The second kappa shape index (κ2) is 9.48. The molecule has 4 aromatic rings. The predicted octanol–water partition coefficient (Wildman–Crippen LogP) is 6.82. The lowest BCUT2D eigenvalue weighted by molar-refractivity contribution is 0.0560. The summed E-state index contributed by atoms with van der Waals surface area (Å²) in [6, 6.07) is 14.6. The standard InChI is InChI=1S/C29H27F2N3O4/c1-15-22-21(14-20(30)23(24(22)31)19-7-5-6-16-12-13-32-25(16)19)34-29(2,3)26(15)38-28(36)33-18-10-8-17(9-11-18)27(35)37-4/h5-15,26,32,34H,1-4H3,(H,33,36)/t15-,26+/m0/s1. The van der Waals surface area contributed by atoms with Crippen LogP contribution < -0.4 is 10.6 Å². The quantitative estimate of drug-likeness (QED) is 0.257. The zero-order valence-corrected chi connectivity index (χ0v) is 21.3. The highest BCUT2D eigenvalue weighted by Crippen LogP contribution is 2.46. The van der Waals surface area contributed by atoms with Gasteiger partial charge in [-0.1, -0.05) is 25.1 Å². The molecule has 1 aromatic heterocycles. The topological polar surface area (TPSA) is 92.4 Å². The first kappa shape index (κ1) is 25.3. The van der Waals surface area contributed by atoms with E-state index in [-0.39, 0.29) is 11.1 Å². The van der Waals surface area contributed by atoms with Crippen LogP contribution in [0.2, 0.25) is 0 Å². The number of H-pyrrole nitrogens is 1. The van der Waals surface area contributed by atoms with Gasteiger partial charge in [-0.3, -0.25) is 5.32 Å². The van der Waals surface area contributed by atoms with Gasteiger partial charge in [0, 0.05) is 34.6 Å². The first-order chi connectivity index (χ1) is 18.1. The number of aromatic nitrogens is 1. The fourth-order valence-corrected chi connectivity index (χ4v) is 5.24. The van der Waals surface area contributed by atoms with E-state index < -0.39 is 41.3 Å². The molecule has 0 spiro atoms. The average Bonchev–Trinajstić information content (AvgIpc) is 3.36. The lowest BCUT2D eigenvalue weighted by Gasteiger charge is -2.44. The summed E-state index contributed by atoms with van der Waals surface area (Å²) in [4.78, 5) is 27.5. The largest absolute Gasteiger partial charge is 0.465 e. The number of methoxy groups -OCH3 is 1. The number of carbonyl (C=O) groups excluding carboxylic acids is 2. The van der Waals surface area contributed by atoms with Crippen LogP contribution in [0.3, 0.4) is 0 Å². The number of benzene rings is 3. The molecule has 1 aliphatic heterocycles. The van der Waals surface area contributed by atoms with Crippen LogP contribution in [-0.2, 0) is 9.47 Å². The molecule has 0 radical (unpaired) electrons. The Morgan fingerprint density at radius 1 is 1.05 bits per heavy atom. The van der Waals surface area contributed by atoms with Crippen LogP contribution in [-0.4, -0.2) is 35.8 Å². The van der Waals surface area contributed by atoms with E-state index >= 15 is 8.78 Å². The van der Waals surface area contributed by atoms with E-state index in [0.29, 0.717) is 28.0 Å². The number of hydrogen-bond donors (Lipinski definition) is 3. The summed E-state index contributed by atoms with van der Waals surface area (Å²) in [6.45, 7) is 5.36. The van der Waals surface area contributed by atoms with Gasteiger partial charge >= 0.3 is 12.1 Å². The number of anilines is 2. The van der Waals surface area contributed by atoms with E-state index in [1.807, 2.05) is 12.1 Å². The van der Waals surface area contributed by atoms with Crippen LogP contribution >= 0.6 is 0 Å². The van der Waals surface area contributed by atoms with Gasteiger partial charge in [-0.25, -0.2) is 18.4 Å². The summed E-state index contributed by atoms with van der Waals surface area (Å²) in [5.74, 6) is -2.49.